The third-order valence-electron chi connectivity index (χ3n) is 4.01. The van der Waals surface area contributed by atoms with Gasteiger partial charge in [0.05, 0.1) is 6.10 Å². The van der Waals surface area contributed by atoms with Crippen molar-refractivity contribution in [1.82, 2.24) is 0 Å². The molecule has 3 heteroatoms. The van der Waals surface area contributed by atoms with Gasteiger partial charge in [-0.25, -0.2) is 0 Å². The van der Waals surface area contributed by atoms with E-state index in [2.05, 4.69) is 63.9 Å². The fourth-order valence-corrected chi connectivity index (χ4v) is 4.05. The van der Waals surface area contributed by atoms with Gasteiger partial charge in [0.25, 0.3) is 0 Å². The summed E-state index contributed by atoms with van der Waals surface area (Å²) in [7, 11) is 0. The smallest absolute Gasteiger partial charge is 0.101 e. The van der Waals surface area contributed by atoms with Crippen molar-refractivity contribution >= 4 is 31.9 Å². The van der Waals surface area contributed by atoms with Gasteiger partial charge < -0.3 is 4.74 Å². The Morgan fingerprint density at radius 1 is 1.32 bits per heavy atom. The van der Waals surface area contributed by atoms with Crippen LogP contribution in [0.15, 0.2) is 28.7 Å². The van der Waals surface area contributed by atoms with Gasteiger partial charge in [-0.3, -0.25) is 0 Å². The Hall–Kier alpha value is 0.140. The maximum atomic E-state index is 6.49. The summed E-state index contributed by atoms with van der Waals surface area (Å²) in [6.45, 7) is 4.51. The highest BCUT2D eigenvalue weighted by Gasteiger charge is 2.33. The van der Waals surface area contributed by atoms with Gasteiger partial charge in [-0.05, 0) is 37.3 Å². The highest BCUT2D eigenvalue weighted by molar-refractivity contribution is 9.10. The minimum absolute atomic E-state index is 0.262. The molecule has 0 aliphatic heterocycles. The molecule has 0 N–H and O–H groups in total. The van der Waals surface area contributed by atoms with E-state index in [1.807, 2.05) is 6.07 Å². The van der Waals surface area contributed by atoms with E-state index >= 15 is 0 Å². The molecule has 0 amide bonds. The Morgan fingerprint density at radius 2 is 2.05 bits per heavy atom. The second kappa shape index (κ2) is 6.73. The first-order valence-electron chi connectivity index (χ1n) is 7.04. The van der Waals surface area contributed by atoms with Crippen LogP contribution < -0.4 is 0 Å². The first-order valence-corrected chi connectivity index (χ1v) is 8.95. The zero-order valence-corrected chi connectivity index (χ0v) is 14.8. The van der Waals surface area contributed by atoms with Gasteiger partial charge in [0.1, 0.15) is 5.60 Å². The molecule has 19 heavy (non-hydrogen) atoms. The van der Waals surface area contributed by atoms with Gasteiger partial charge in [-0.1, -0.05) is 69.8 Å². The van der Waals surface area contributed by atoms with Gasteiger partial charge in [0.2, 0.25) is 0 Å². The summed E-state index contributed by atoms with van der Waals surface area (Å²) >= 11 is 7.29. The molecule has 2 rings (SSSR count). The van der Waals surface area contributed by atoms with Crippen LogP contribution in [-0.2, 0) is 10.3 Å². The van der Waals surface area contributed by atoms with E-state index in [1.54, 1.807) is 0 Å². The molecule has 1 fully saturated rings. The van der Waals surface area contributed by atoms with Crippen LogP contribution in [0.2, 0.25) is 0 Å². The Kier molecular flexibility index (Phi) is 5.50. The van der Waals surface area contributed by atoms with E-state index in [0.29, 0.717) is 6.10 Å². The molecule has 106 valence electrons. The molecule has 0 bridgehead atoms. The molecule has 1 saturated carbocycles. The zero-order valence-electron chi connectivity index (χ0n) is 11.7. The van der Waals surface area contributed by atoms with Gasteiger partial charge >= 0.3 is 0 Å². The molecular formula is C16H22Br2O. The lowest BCUT2D eigenvalue weighted by Crippen LogP contribution is -2.35. The van der Waals surface area contributed by atoms with Crippen LogP contribution in [0.1, 0.15) is 45.1 Å². The van der Waals surface area contributed by atoms with Gasteiger partial charge in [-0.2, -0.15) is 0 Å². The number of halogens is 2. The fourth-order valence-electron chi connectivity index (χ4n) is 2.91. The quantitative estimate of drug-likeness (QED) is 0.604. The van der Waals surface area contributed by atoms with Crippen molar-refractivity contribution in [2.75, 3.05) is 5.33 Å². The molecule has 1 aliphatic rings. The van der Waals surface area contributed by atoms with Crippen LogP contribution in [0.4, 0.5) is 0 Å². The van der Waals surface area contributed by atoms with Crippen molar-refractivity contribution < 1.29 is 4.74 Å². The van der Waals surface area contributed by atoms with Gasteiger partial charge in [-0.15, -0.1) is 0 Å². The van der Waals surface area contributed by atoms with Gasteiger partial charge in [0, 0.05) is 9.80 Å². The fraction of sp³-hybridized carbons (Fsp3) is 0.625. The number of ether oxygens (including phenoxy) is 1. The average molecular weight is 390 g/mol. The largest absolute Gasteiger partial charge is 0.366 e. The third-order valence-corrected chi connectivity index (χ3v) is 5.78. The molecule has 0 saturated heterocycles. The minimum Gasteiger partial charge on any atom is -0.366 e. The van der Waals surface area contributed by atoms with E-state index in [9.17, 15) is 0 Å². The second-order valence-corrected chi connectivity index (χ2v) is 7.27. The Labute approximate surface area is 133 Å². The number of benzene rings is 1. The lowest BCUT2D eigenvalue weighted by molar-refractivity contribution is -0.0919. The molecular weight excluding hydrogens is 368 g/mol. The monoisotopic (exact) mass is 388 g/mol. The van der Waals surface area contributed by atoms with Crippen LogP contribution in [0.25, 0.3) is 0 Å². The lowest BCUT2D eigenvalue weighted by Gasteiger charge is -2.37. The van der Waals surface area contributed by atoms with Crippen molar-refractivity contribution in [2.45, 2.75) is 51.2 Å². The van der Waals surface area contributed by atoms with E-state index in [4.69, 9.17) is 4.74 Å². The summed E-state index contributed by atoms with van der Waals surface area (Å²) in [5.41, 5.74) is 0.965. The predicted octanol–water partition coefficient (Wildman–Crippen LogP) is 5.65. The maximum absolute atomic E-state index is 6.49. The van der Waals surface area contributed by atoms with Crippen LogP contribution in [-0.4, -0.2) is 11.4 Å². The SMILES string of the molecule is CC1CCCC(OC(C)(CBr)c2ccccc2Br)C1. The second-order valence-electron chi connectivity index (χ2n) is 5.86. The summed E-state index contributed by atoms with van der Waals surface area (Å²) in [6, 6.07) is 8.36. The molecule has 1 aromatic carbocycles. The Bertz CT molecular complexity index is 421. The molecule has 3 atom stereocenters. The third kappa shape index (κ3) is 3.83. The molecule has 3 unspecified atom stereocenters. The van der Waals surface area contributed by atoms with Crippen LogP contribution in [0.3, 0.4) is 0 Å². The summed E-state index contributed by atoms with van der Waals surface area (Å²) in [5, 5.41) is 0.813. The minimum atomic E-state index is -0.262. The highest BCUT2D eigenvalue weighted by atomic mass is 79.9. The number of rotatable bonds is 4. The Balaban J connectivity index is 2.16. The van der Waals surface area contributed by atoms with Gasteiger partial charge in [0.15, 0.2) is 0 Å². The predicted molar refractivity (Wildman–Crippen MR) is 87.8 cm³/mol. The molecule has 1 aromatic rings. The van der Waals surface area contributed by atoms with Crippen LogP contribution in [0.5, 0.6) is 0 Å². The maximum Gasteiger partial charge on any atom is 0.101 e. The first-order chi connectivity index (χ1) is 9.05. The number of alkyl halides is 1. The van der Waals surface area contributed by atoms with Crippen molar-refractivity contribution in [3.63, 3.8) is 0 Å². The molecule has 1 nitrogen and oxygen atoms in total. The number of hydrogen-bond acceptors (Lipinski definition) is 1. The highest BCUT2D eigenvalue weighted by Crippen LogP contribution is 2.37. The van der Waals surface area contributed by atoms with Crippen molar-refractivity contribution in [1.29, 1.82) is 0 Å². The molecule has 0 heterocycles. The van der Waals surface area contributed by atoms with E-state index < -0.39 is 0 Å². The standard InChI is InChI=1S/C16H22Br2O/c1-12-6-5-7-13(10-12)19-16(2,11-17)14-8-3-4-9-15(14)18/h3-4,8-9,12-13H,5-7,10-11H2,1-2H3. The summed E-state index contributed by atoms with van der Waals surface area (Å²) in [5.74, 6) is 0.789. The van der Waals surface area contributed by atoms with E-state index in [1.165, 1.54) is 31.2 Å². The summed E-state index contributed by atoms with van der Waals surface area (Å²) in [6.07, 6.45) is 5.41. The molecule has 1 aliphatic carbocycles. The first kappa shape index (κ1) is 15.5. The zero-order chi connectivity index (χ0) is 13.9. The van der Waals surface area contributed by atoms with Crippen molar-refractivity contribution in [3.8, 4) is 0 Å². The topological polar surface area (TPSA) is 9.23 Å². The van der Waals surface area contributed by atoms with E-state index in [-0.39, 0.29) is 5.60 Å². The molecule has 0 aromatic heterocycles. The van der Waals surface area contributed by atoms with Crippen molar-refractivity contribution in [2.24, 2.45) is 5.92 Å². The average Bonchev–Trinajstić information content (AvgIpc) is 2.39. The molecule has 0 radical (unpaired) electrons. The lowest BCUT2D eigenvalue weighted by atomic mass is 9.87. The number of hydrogen-bond donors (Lipinski definition) is 0. The van der Waals surface area contributed by atoms with Crippen molar-refractivity contribution in [3.05, 3.63) is 34.3 Å². The van der Waals surface area contributed by atoms with Crippen LogP contribution >= 0.6 is 31.9 Å². The summed E-state index contributed by atoms with van der Waals surface area (Å²) < 4.78 is 7.61. The Morgan fingerprint density at radius 3 is 2.68 bits per heavy atom. The summed E-state index contributed by atoms with van der Waals surface area (Å²) in [4.78, 5) is 0. The molecule has 0 spiro atoms. The van der Waals surface area contributed by atoms with Crippen LogP contribution in [0, 0.1) is 5.92 Å². The van der Waals surface area contributed by atoms with E-state index in [0.717, 1.165) is 15.7 Å². The normalized spacial score (nSPS) is 26.9.